The van der Waals surface area contributed by atoms with E-state index < -0.39 is 10.0 Å². The third-order valence-corrected chi connectivity index (χ3v) is 7.03. The van der Waals surface area contributed by atoms with E-state index in [-0.39, 0.29) is 23.8 Å². The molecule has 7 heteroatoms. The maximum atomic E-state index is 13.2. The fraction of sp³-hybridized carbons (Fsp3) is 0.458. The number of ether oxygens (including phenoxy) is 1. The lowest BCUT2D eigenvalue weighted by atomic mass is 9.95. The van der Waals surface area contributed by atoms with Crippen molar-refractivity contribution in [3.63, 3.8) is 0 Å². The second-order valence-corrected chi connectivity index (χ2v) is 10.4. The van der Waals surface area contributed by atoms with Crippen molar-refractivity contribution in [2.75, 3.05) is 26.5 Å². The second-order valence-electron chi connectivity index (χ2n) is 8.61. The van der Waals surface area contributed by atoms with Crippen LogP contribution in [0, 0.1) is 5.92 Å². The van der Waals surface area contributed by atoms with Crippen molar-refractivity contribution in [1.29, 1.82) is 0 Å². The molecule has 2 fully saturated rings. The fourth-order valence-electron chi connectivity index (χ4n) is 4.66. The maximum Gasteiger partial charge on any atom is 0.226 e. The van der Waals surface area contributed by atoms with Gasteiger partial charge in [-0.15, -0.1) is 0 Å². The number of nitrogens with one attached hydrogen (secondary N) is 1. The fourth-order valence-corrected chi connectivity index (χ4v) is 5.50. The summed E-state index contributed by atoms with van der Waals surface area (Å²) >= 11 is 0. The van der Waals surface area contributed by atoms with E-state index in [0.717, 1.165) is 36.1 Å². The normalized spacial score (nSPS) is 23.8. The molecule has 6 nitrogen and oxygen atoms in total. The van der Waals surface area contributed by atoms with E-state index >= 15 is 0 Å². The third kappa shape index (κ3) is 5.28. The number of nitrogens with zero attached hydrogens (tertiary/aromatic N) is 1. The first-order chi connectivity index (χ1) is 14.9. The highest BCUT2D eigenvalue weighted by atomic mass is 32.2. The van der Waals surface area contributed by atoms with Gasteiger partial charge in [0.05, 0.1) is 13.4 Å². The van der Waals surface area contributed by atoms with E-state index in [2.05, 4.69) is 22.9 Å². The van der Waals surface area contributed by atoms with Gasteiger partial charge in [0, 0.05) is 25.0 Å². The van der Waals surface area contributed by atoms with Crippen LogP contribution in [0.25, 0.3) is 11.1 Å². The number of hydrogen-bond donors (Lipinski definition) is 1. The molecule has 1 N–H and O–H groups in total. The number of rotatable bonds is 6. The highest BCUT2D eigenvalue weighted by Gasteiger charge is 2.46. The molecule has 2 aromatic rings. The molecule has 2 aromatic carbocycles. The zero-order valence-electron chi connectivity index (χ0n) is 18.1. The first-order valence-corrected chi connectivity index (χ1v) is 12.7. The Kier molecular flexibility index (Phi) is 6.34. The van der Waals surface area contributed by atoms with Crippen LogP contribution in [0.2, 0.25) is 0 Å². The third-order valence-electron chi connectivity index (χ3n) is 6.27. The number of benzene rings is 2. The zero-order valence-corrected chi connectivity index (χ0v) is 18.9. The van der Waals surface area contributed by atoms with Crippen molar-refractivity contribution in [3.8, 4) is 16.9 Å². The molecule has 1 saturated carbocycles. The minimum atomic E-state index is -3.23. The highest BCUT2D eigenvalue weighted by Crippen LogP contribution is 2.51. The molecule has 1 amide bonds. The minimum Gasteiger partial charge on any atom is -0.497 e. The number of methoxy groups -OCH3 is 1. The van der Waals surface area contributed by atoms with Crippen LogP contribution in [-0.4, -0.2) is 51.7 Å². The van der Waals surface area contributed by atoms with Gasteiger partial charge in [-0.05, 0) is 60.4 Å². The van der Waals surface area contributed by atoms with Gasteiger partial charge < -0.3 is 9.64 Å². The maximum absolute atomic E-state index is 13.2. The Balaban J connectivity index is 1.45. The van der Waals surface area contributed by atoms with E-state index in [9.17, 15) is 13.2 Å². The molecule has 166 valence electrons. The Morgan fingerprint density at radius 2 is 1.90 bits per heavy atom. The van der Waals surface area contributed by atoms with E-state index in [0.29, 0.717) is 19.5 Å². The van der Waals surface area contributed by atoms with Crippen LogP contribution < -0.4 is 9.46 Å². The van der Waals surface area contributed by atoms with Crippen LogP contribution in [0.4, 0.5) is 0 Å². The Morgan fingerprint density at radius 1 is 1.10 bits per heavy atom. The smallest absolute Gasteiger partial charge is 0.226 e. The monoisotopic (exact) mass is 442 g/mol. The van der Waals surface area contributed by atoms with Gasteiger partial charge in [-0.25, -0.2) is 13.1 Å². The summed E-state index contributed by atoms with van der Waals surface area (Å²) in [5.41, 5.74) is 3.45. The Bertz CT molecular complexity index is 1050. The van der Waals surface area contributed by atoms with Gasteiger partial charge in [-0.2, -0.15) is 0 Å². The summed E-state index contributed by atoms with van der Waals surface area (Å²) < 4.78 is 31.1. The first kappa shape index (κ1) is 21.8. The molecule has 0 bridgehead atoms. The number of amides is 1. The molecule has 0 aromatic heterocycles. The van der Waals surface area contributed by atoms with Gasteiger partial charge in [0.1, 0.15) is 5.75 Å². The van der Waals surface area contributed by atoms with E-state index in [4.69, 9.17) is 4.74 Å². The van der Waals surface area contributed by atoms with Crippen LogP contribution in [0.15, 0.2) is 48.5 Å². The molecular formula is C24H30N2O4S. The quantitative estimate of drug-likeness (QED) is 0.744. The van der Waals surface area contributed by atoms with Crippen molar-refractivity contribution in [1.82, 2.24) is 9.62 Å². The van der Waals surface area contributed by atoms with Gasteiger partial charge in [0.25, 0.3) is 0 Å². The number of sulfonamides is 1. The molecule has 31 heavy (non-hydrogen) atoms. The summed E-state index contributed by atoms with van der Waals surface area (Å²) in [5, 5.41) is 0. The van der Waals surface area contributed by atoms with E-state index in [1.807, 2.05) is 35.2 Å². The molecule has 0 radical (unpaired) electrons. The largest absolute Gasteiger partial charge is 0.497 e. The molecular weight excluding hydrogens is 412 g/mol. The standard InChI is InChI=1S/C24H30N2O4S/c1-30-19-9-5-7-17(15-19)20-10-3-4-11-21(20)22-16-23(22)24(27)26-13-6-8-18(12-14-26)25-31(2,28)29/h3-5,7,9-11,15,18,22-23,25H,6,8,12-14,16H2,1-2H3/t18-,22-,23+/m0/s1. The van der Waals surface area contributed by atoms with Crippen LogP contribution in [0.5, 0.6) is 5.75 Å². The van der Waals surface area contributed by atoms with E-state index in [1.54, 1.807) is 7.11 Å². The van der Waals surface area contributed by atoms with Crippen LogP contribution in [-0.2, 0) is 14.8 Å². The van der Waals surface area contributed by atoms with Crippen LogP contribution in [0.1, 0.15) is 37.2 Å². The SMILES string of the molecule is COc1cccc(-c2ccccc2[C@@H]2C[C@H]2C(=O)N2CCC[C@H](NS(C)(=O)=O)CC2)c1. The number of hydrogen-bond acceptors (Lipinski definition) is 4. The summed E-state index contributed by atoms with van der Waals surface area (Å²) in [6.07, 6.45) is 4.30. The minimum absolute atomic E-state index is 0.00572. The highest BCUT2D eigenvalue weighted by molar-refractivity contribution is 7.88. The van der Waals surface area contributed by atoms with Crippen molar-refractivity contribution < 1.29 is 17.9 Å². The predicted octanol–water partition coefficient (Wildman–Crippen LogP) is 3.40. The Morgan fingerprint density at radius 3 is 2.68 bits per heavy atom. The molecule has 0 spiro atoms. The molecule has 0 unspecified atom stereocenters. The molecule has 1 saturated heterocycles. The topological polar surface area (TPSA) is 75.7 Å². The van der Waals surface area contributed by atoms with E-state index in [1.165, 1.54) is 11.8 Å². The van der Waals surface area contributed by atoms with Gasteiger partial charge in [0.15, 0.2) is 0 Å². The Labute approximate surface area is 184 Å². The van der Waals surface area contributed by atoms with Gasteiger partial charge in [-0.3, -0.25) is 4.79 Å². The average Bonchev–Trinajstić information content (AvgIpc) is 3.57. The molecule has 1 aliphatic carbocycles. The summed E-state index contributed by atoms with van der Waals surface area (Å²) in [7, 11) is -1.56. The molecule has 4 rings (SSSR count). The summed E-state index contributed by atoms with van der Waals surface area (Å²) in [6.45, 7) is 1.30. The summed E-state index contributed by atoms with van der Waals surface area (Å²) in [5.74, 6) is 1.25. The lowest BCUT2D eigenvalue weighted by Gasteiger charge is -2.21. The molecule has 2 aliphatic rings. The number of carbonyl (C=O) groups excluding carboxylic acids is 1. The van der Waals surface area contributed by atoms with Crippen LogP contribution >= 0.6 is 0 Å². The summed E-state index contributed by atoms with van der Waals surface area (Å²) in [6, 6.07) is 16.2. The van der Waals surface area contributed by atoms with Gasteiger partial charge in [0.2, 0.25) is 15.9 Å². The van der Waals surface area contributed by atoms with Crippen molar-refractivity contribution in [2.24, 2.45) is 5.92 Å². The predicted molar refractivity (Wildman–Crippen MR) is 121 cm³/mol. The van der Waals surface area contributed by atoms with Crippen molar-refractivity contribution in [3.05, 3.63) is 54.1 Å². The Hall–Kier alpha value is -2.38. The zero-order chi connectivity index (χ0) is 22.0. The van der Waals surface area contributed by atoms with Crippen LogP contribution in [0.3, 0.4) is 0 Å². The number of likely N-dealkylation sites (tertiary alicyclic amines) is 1. The lowest BCUT2D eigenvalue weighted by Crippen LogP contribution is -2.36. The van der Waals surface area contributed by atoms with Gasteiger partial charge >= 0.3 is 0 Å². The molecule has 3 atom stereocenters. The average molecular weight is 443 g/mol. The second kappa shape index (κ2) is 9.01. The molecule has 1 aliphatic heterocycles. The number of carbonyl (C=O) groups is 1. The van der Waals surface area contributed by atoms with Crippen molar-refractivity contribution >= 4 is 15.9 Å². The van der Waals surface area contributed by atoms with Crippen molar-refractivity contribution in [2.45, 2.75) is 37.6 Å². The summed E-state index contributed by atoms with van der Waals surface area (Å²) in [4.78, 5) is 15.1. The first-order valence-electron chi connectivity index (χ1n) is 10.8. The lowest BCUT2D eigenvalue weighted by molar-refractivity contribution is -0.132. The molecule has 1 heterocycles. The van der Waals surface area contributed by atoms with Gasteiger partial charge in [-0.1, -0.05) is 36.4 Å².